The molecule has 0 radical (unpaired) electrons. The number of ether oxygens (including phenoxy) is 1. The van der Waals surface area contributed by atoms with E-state index in [0.29, 0.717) is 27.4 Å². The number of thioether (sulfide) groups is 1. The highest BCUT2D eigenvalue weighted by Gasteiger charge is 2.13. The maximum Gasteiger partial charge on any atom is 0.275 e. The summed E-state index contributed by atoms with van der Waals surface area (Å²) in [5.74, 6) is 1.86. The molecule has 8 nitrogen and oxygen atoms in total. The van der Waals surface area contributed by atoms with Crippen molar-refractivity contribution in [3.63, 3.8) is 0 Å². The average Bonchev–Trinajstić information content (AvgIpc) is 3.33. The van der Waals surface area contributed by atoms with Gasteiger partial charge in [0.05, 0.1) is 18.4 Å². The molecule has 0 aliphatic carbocycles. The van der Waals surface area contributed by atoms with E-state index in [1.165, 1.54) is 33.7 Å². The lowest BCUT2D eigenvalue weighted by molar-refractivity contribution is 0.416. The molecule has 0 saturated carbocycles. The summed E-state index contributed by atoms with van der Waals surface area (Å²) in [4.78, 5) is 22.0. The van der Waals surface area contributed by atoms with Crippen LogP contribution in [0.4, 0.5) is 0 Å². The molecule has 28 heavy (non-hydrogen) atoms. The van der Waals surface area contributed by atoms with Gasteiger partial charge in [-0.25, -0.2) is 9.97 Å². The van der Waals surface area contributed by atoms with Crippen LogP contribution in [0.5, 0.6) is 5.75 Å². The molecule has 3 aromatic heterocycles. The van der Waals surface area contributed by atoms with Gasteiger partial charge in [0.15, 0.2) is 5.82 Å². The molecule has 0 unspecified atom stereocenters. The molecular weight excluding hydrogens is 396 g/mol. The Balaban J connectivity index is 1.52. The van der Waals surface area contributed by atoms with Crippen molar-refractivity contribution >= 4 is 28.1 Å². The Kier molecular flexibility index (Phi) is 5.40. The van der Waals surface area contributed by atoms with E-state index in [1.54, 1.807) is 7.11 Å². The van der Waals surface area contributed by atoms with Crippen molar-refractivity contribution in [2.75, 3.05) is 7.11 Å². The van der Waals surface area contributed by atoms with E-state index >= 15 is 0 Å². The third-order valence-corrected chi connectivity index (χ3v) is 5.83. The lowest BCUT2D eigenvalue weighted by Crippen LogP contribution is -2.15. The number of nitrogens with one attached hydrogen (secondary N) is 1. The van der Waals surface area contributed by atoms with Crippen LogP contribution in [0.3, 0.4) is 0 Å². The summed E-state index contributed by atoms with van der Waals surface area (Å²) in [6, 6.07) is 9.13. The number of aryl methyl sites for hydroxylation is 1. The molecule has 144 valence electrons. The fourth-order valence-corrected chi connectivity index (χ4v) is 4.41. The maximum absolute atomic E-state index is 12.3. The van der Waals surface area contributed by atoms with Gasteiger partial charge in [-0.3, -0.25) is 9.89 Å². The summed E-state index contributed by atoms with van der Waals surface area (Å²) >= 11 is 2.87. The van der Waals surface area contributed by atoms with E-state index in [2.05, 4.69) is 32.2 Å². The van der Waals surface area contributed by atoms with E-state index in [4.69, 9.17) is 4.74 Å². The first-order chi connectivity index (χ1) is 13.7. The van der Waals surface area contributed by atoms with Crippen molar-refractivity contribution in [3.05, 3.63) is 51.4 Å². The molecule has 0 aliphatic rings. The Morgan fingerprint density at radius 1 is 1.29 bits per heavy atom. The van der Waals surface area contributed by atoms with Crippen molar-refractivity contribution in [3.8, 4) is 17.1 Å². The zero-order valence-electron chi connectivity index (χ0n) is 15.4. The molecule has 0 amide bonds. The fraction of sp³-hybridized carbons (Fsp3) is 0.278. The topological polar surface area (TPSA) is 98.1 Å². The lowest BCUT2D eigenvalue weighted by Gasteiger charge is -2.04. The molecule has 1 aromatic carbocycles. The second-order valence-electron chi connectivity index (χ2n) is 5.98. The second kappa shape index (κ2) is 8.11. The number of nitrogens with zero attached hydrogens (tertiary/aromatic N) is 5. The Labute approximate surface area is 169 Å². The highest BCUT2D eigenvalue weighted by molar-refractivity contribution is 7.98. The molecule has 10 heteroatoms. The average molecular weight is 415 g/mol. The fourth-order valence-electron chi connectivity index (χ4n) is 2.69. The van der Waals surface area contributed by atoms with Crippen LogP contribution < -0.4 is 10.3 Å². The highest BCUT2D eigenvalue weighted by atomic mass is 32.2. The first-order valence-electron chi connectivity index (χ1n) is 8.75. The Hall–Kier alpha value is -2.72. The van der Waals surface area contributed by atoms with Gasteiger partial charge in [-0.15, -0.1) is 5.10 Å². The molecule has 0 saturated heterocycles. The zero-order valence-corrected chi connectivity index (χ0v) is 17.0. The summed E-state index contributed by atoms with van der Waals surface area (Å²) in [6.45, 7) is 2.08. The zero-order chi connectivity index (χ0) is 19.5. The van der Waals surface area contributed by atoms with Gasteiger partial charge in [0.1, 0.15) is 10.8 Å². The van der Waals surface area contributed by atoms with Crippen LogP contribution in [0, 0.1) is 0 Å². The second-order valence-corrected chi connectivity index (χ2v) is 7.96. The van der Waals surface area contributed by atoms with E-state index in [-0.39, 0.29) is 5.56 Å². The molecule has 0 atom stereocenters. The molecule has 4 rings (SSSR count). The monoisotopic (exact) mass is 414 g/mol. The molecule has 0 spiro atoms. The van der Waals surface area contributed by atoms with Gasteiger partial charge < -0.3 is 4.74 Å². The van der Waals surface area contributed by atoms with E-state index < -0.39 is 0 Å². The Morgan fingerprint density at radius 2 is 2.14 bits per heavy atom. The van der Waals surface area contributed by atoms with Crippen molar-refractivity contribution < 1.29 is 4.74 Å². The van der Waals surface area contributed by atoms with Crippen LogP contribution in [-0.2, 0) is 12.2 Å². The summed E-state index contributed by atoms with van der Waals surface area (Å²) in [5, 5.41) is 13.0. The normalized spacial score (nSPS) is 11.2. The smallest absolute Gasteiger partial charge is 0.275 e. The van der Waals surface area contributed by atoms with E-state index in [1.807, 2.05) is 24.3 Å². The standard InChI is InChI=1S/C18H18N6O2S2/c1-3-6-14-23-24-15(25)9-11(19-18(24)28-14)10-27-17-20-16(21-22-17)12-7-4-5-8-13(12)26-2/h4-5,7-9H,3,6,10H2,1-2H3,(H,20,21,22). The SMILES string of the molecule is CCCc1nn2c(=O)cc(CSc3n[nH]c(-c4ccccc4OC)n3)nc2s1. The van der Waals surface area contributed by atoms with Crippen LogP contribution in [0.25, 0.3) is 16.3 Å². The van der Waals surface area contributed by atoms with Crippen LogP contribution in [0.15, 0.2) is 40.3 Å². The van der Waals surface area contributed by atoms with Crippen molar-refractivity contribution in [1.29, 1.82) is 0 Å². The maximum atomic E-state index is 12.3. The molecule has 0 fully saturated rings. The minimum Gasteiger partial charge on any atom is -0.496 e. The first kappa shape index (κ1) is 18.6. The third-order valence-electron chi connectivity index (χ3n) is 3.98. The number of benzene rings is 1. The Bertz CT molecular complexity index is 1170. The van der Waals surface area contributed by atoms with Gasteiger partial charge in [0.2, 0.25) is 10.1 Å². The number of aromatic nitrogens is 6. The van der Waals surface area contributed by atoms with Crippen LogP contribution >= 0.6 is 23.1 Å². The van der Waals surface area contributed by atoms with Crippen LogP contribution in [0.2, 0.25) is 0 Å². The number of para-hydroxylation sites is 1. The predicted octanol–water partition coefficient (Wildman–Crippen LogP) is 3.19. The van der Waals surface area contributed by atoms with Crippen molar-refractivity contribution in [2.24, 2.45) is 0 Å². The molecule has 0 aliphatic heterocycles. The lowest BCUT2D eigenvalue weighted by atomic mass is 10.2. The van der Waals surface area contributed by atoms with E-state index in [0.717, 1.165) is 29.2 Å². The van der Waals surface area contributed by atoms with Crippen molar-refractivity contribution in [2.45, 2.75) is 30.7 Å². The number of H-pyrrole nitrogens is 1. The summed E-state index contributed by atoms with van der Waals surface area (Å²) in [7, 11) is 1.62. The van der Waals surface area contributed by atoms with Crippen LogP contribution in [-0.4, -0.2) is 36.9 Å². The number of hydrogen-bond donors (Lipinski definition) is 1. The van der Waals surface area contributed by atoms with E-state index in [9.17, 15) is 4.79 Å². The molecule has 3 heterocycles. The predicted molar refractivity (Wildman–Crippen MR) is 109 cm³/mol. The minimum atomic E-state index is -0.163. The van der Waals surface area contributed by atoms with Gasteiger partial charge >= 0.3 is 0 Å². The molecule has 4 aromatic rings. The van der Waals surface area contributed by atoms with Crippen molar-refractivity contribution in [1.82, 2.24) is 29.8 Å². The van der Waals surface area contributed by atoms with Crippen LogP contribution in [0.1, 0.15) is 24.0 Å². The number of rotatable bonds is 7. The quantitative estimate of drug-likeness (QED) is 0.464. The van der Waals surface area contributed by atoms with Gasteiger partial charge in [0.25, 0.3) is 5.56 Å². The number of hydrogen-bond acceptors (Lipinski definition) is 8. The molecular formula is C18H18N6O2S2. The minimum absolute atomic E-state index is 0.163. The van der Waals surface area contributed by atoms with Gasteiger partial charge in [0, 0.05) is 18.2 Å². The first-order valence-corrected chi connectivity index (χ1v) is 10.6. The summed E-state index contributed by atoms with van der Waals surface area (Å²) < 4.78 is 6.74. The third kappa shape index (κ3) is 3.78. The number of fused-ring (bicyclic) bond motifs is 1. The summed E-state index contributed by atoms with van der Waals surface area (Å²) in [5.41, 5.74) is 1.37. The van der Waals surface area contributed by atoms with Gasteiger partial charge in [-0.2, -0.15) is 9.61 Å². The number of methoxy groups -OCH3 is 1. The molecule has 1 N–H and O–H groups in total. The Morgan fingerprint density at radius 3 is 2.96 bits per heavy atom. The van der Waals surface area contributed by atoms with Gasteiger partial charge in [-0.1, -0.05) is 42.2 Å². The number of aromatic amines is 1. The largest absolute Gasteiger partial charge is 0.496 e. The highest BCUT2D eigenvalue weighted by Crippen LogP contribution is 2.28. The van der Waals surface area contributed by atoms with Gasteiger partial charge in [-0.05, 0) is 18.6 Å². The molecule has 0 bridgehead atoms. The summed E-state index contributed by atoms with van der Waals surface area (Å²) in [6.07, 6.45) is 1.83.